The molecule has 0 unspecified atom stereocenters. The van der Waals surface area contributed by atoms with Crippen LogP contribution in [0.1, 0.15) is 58.2 Å². The summed E-state index contributed by atoms with van der Waals surface area (Å²) in [5.41, 5.74) is 1.88. The van der Waals surface area contributed by atoms with Crippen molar-refractivity contribution in [2.45, 2.75) is 40.0 Å². The minimum Gasteiger partial charge on any atom is -0.478 e. The zero-order valence-electron chi connectivity index (χ0n) is 11.3. The fourth-order valence-corrected chi connectivity index (χ4v) is 2.48. The zero-order chi connectivity index (χ0) is 14.2. The van der Waals surface area contributed by atoms with Crippen LogP contribution in [0.3, 0.4) is 0 Å². The summed E-state index contributed by atoms with van der Waals surface area (Å²) in [6.07, 6.45) is 0. The molecule has 0 aliphatic heterocycles. The Balaban J connectivity index is 3.79. The summed E-state index contributed by atoms with van der Waals surface area (Å²) in [5, 5.41) is 18.3. The van der Waals surface area contributed by atoms with Crippen LogP contribution in [0.15, 0.2) is 6.07 Å². The van der Waals surface area contributed by atoms with Gasteiger partial charge in [-0.05, 0) is 42.0 Å². The van der Waals surface area contributed by atoms with E-state index >= 15 is 0 Å². The van der Waals surface area contributed by atoms with E-state index in [9.17, 15) is 9.59 Å². The first-order valence-corrected chi connectivity index (χ1v) is 5.68. The maximum atomic E-state index is 11.2. The summed E-state index contributed by atoms with van der Waals surface area (Å²) in [4.78, 5) is 22.4. The highest BCUT2D eigenvalue weighted by Crippen LogP contribution is 2.33. The first-order valence-electron chi connectivity index (χ1n) is 5.68. The normalized spacial score (nSPS) is 11.4. The molecule has 98 valence electrons. The van der Waals surface area contributed by atoms with Gasteiger partial charge in [-0.2, -0.15) is 0 Å². The van der Waals surface area contributed by atoms with E-state index in [1.165, 1.54) is 6.07 Å². The van der Waals surface area contributed by atoms with E-state index in [2.05, 4.69) is 0 Å². The van der Waals surface area contributed by atoms with Crippen LogP contribution in [0, 0.1) is 13.8 Å². The van der Waals surface area contributed by atoms with Crippen LogP contribution >= 0.6 is 0 Å². The molecule has 0 heterocycles. The van der Waals surface area contributed by atoms with Crippen molar-refractivity contribution in [3.05, 3.63) is 33.9 Å². The van der Waals surface area contributed by atoms with E-state index in [1.54, 1.807) is 13.8 Å². The summed E-state index contributed by atoms with van der Waals surface area (Å²) in [6, 6.07) is 1.24. The van der Waals surface area contributed by atoms with Crippen molar-refractivity contribution in [1.82, 2.24) is 0 Å². The molecule has 1 aromatic rings. The molecular weight excluding hydrogens is 232 g/mol. The maximum absolute atomic E-state index is 11.2. The Labute approximate surface area is 106 Å². The minimum absolute atomic E-state index is 0.0583. The van der Waals surface area contributed by atoms with Gasteiger partial charge in [-0.1, -0.05) is 20.8 Å². The standard InChI is InChI=1S/C14H18O4/c1-7-9(12(15)16)6-10(13(17)18)8(2)11(7)14(3,4)5/h6H,1-5H3,(H,15,16)(H,17,18). The SMILES string of the molecule is Cc1c(C(=O)O)cc(C(=O)O)c(C)c1C(C)(C)C. The third kappa shape index (κ3) is 2.37. The van der Waals surface area contributed by atoms with Crippen molar-refractivity contribution < 1.29 is 19.8 Å². The fraction of sp³-hybridized carbons (Fsp3) is 0.429. The van der Waals surface area contributed by atoms with Crippen LogP contribution < -0.4 is 0 Å². The number of carbonyl (C=O) groups is 2. The van der Waals surface area contributed by atoms with Gasteiger partial charge in [0.25, 0.3) is 0 Å². The van der Waals surface area contributed by atoms with Gasteiger partial charge in [-0.25, -0.2) is 9.59 Å². The van der Waals surface area contributed by atoms with E-state index in [-0.39, 0.29) is 16.5 Å². The molecule has 1 aromatic carbocycles. The average Bonchev–Trinajstić information content (AvgIpc) is 2.13. The van der Waals surface area contributed by atoms with Gasteiger partial charge in [0.15, 0.2) is 0 Å². The first-order chi connectivity index (χ1) is 8.07. The van der Waals surface area contributed by atoms with Crippen LogP contribution in [-0.2, 0) is 5.41 Å². The number of benzene rings is 1. The molecule has 0 fully saturated rings. The van der Waals surface area contributed by atoms with Crippen molar-refractivity contribution in [3.63, 3.8) is 0 Å². The van der Waals surface area contributed by atoms with Gasteiger partial charge in [0.2, 0.25) is 0 Å². The molecular formula is C14H18O4. The monoisotopic (exact) mass is 250 g/mol. The van der Waals surface area contributed by atoms with Crippen LogP contribution in [0.4, 0.5) is 0 Å². The largest absolute Gasteiger partial charge is 0.478 e. The highest BCUT2D eigenvalue weighted by Gasteiger charge is 2.26. The molecule has 0 radical (unpaired) electrons. The predicted molar refractivity (Wildman–Crippen MR) is 68.5 cm³/mol. The predicted octanol–water partition coefficient (Wildman–Crippen LogP) is 3.00. The molecule has 0 spiro atoms. The quantitative estimate of drug-likeness (QED) is 0.846. The summed E-state index contributed by atoms with van der Waals surface area (Å²) < 4.78 is 0. The van der Waals surface area contributed by atoms with E-state index in [1.807, 2.05) is 20.8 Å². The van der Waals surface area contributed by atoms with Gasteiger partial charge in [0.1, 0.15) is 0 Å². The topological polar surface area (TPSA) is 74.6 Å². The Kier molecular flexibility index (Phi) is 3.51. The highest BCUT2D eigenvalue weighted by molar-refractivity contribution is 5.96. The summed E-state index contributed by atoms with van der Waals surface area (Å²) in [7, 11) is 0. The van der Waals surface area contributed by atoms with Crippen LogP contribution in [-0.4, -0.2) is 22.2 Å². The van der Waals surface area contributed by atoms with Crippen molar-refractivity contribution in [3.8, 4) is 0 Å². The number of carboxylic acid groups (broad SMARTS) is 2. The molecule has 0 atom stereocenters. The molecule has 0 saturated heterocycles. The third-order valence-corrected chi connectivity index (χ3v) is 3.06. The molecule has 0 bridgehead atoms. The number of hydrogen-bond donors (Lipinski definition) is 2. The number of hydrogen-bond acceptors (Lipinski definition) is 2. The lowest BCUT2D eigenvalue weighted by molar-refractivity contribution is 0.0695. The van der Waals surface area contributed by atoms with Crippen molar-refractivity contribution in [2.24, 2.45) is 0 Å². The molecule has 2 N–H and O–H groups in total. The van der Waals surface area contributed by atoms with Gasteiger partial charge in [-0.3, -0.25) is 0 Å². The molecule has 0 aromatic heterocycles. The van der Waals surface area contributed by atoms with Crippen molar-refractivity contribution >= 4 is 11.9 Å². The molecule has 0 amide bonds. The molecule has 4 nitrogen and oxygen atoms in total. The lowest BCUT2D eigenvalue weighted by Gasteiger charge is -2.26. The Morgan fingerprint density at radius 1 is 0.944 bits per heavy atom. The zero-order valence-corrected chi connectivity index (χ0v) is 11.3. The number of rotatable bonds is 2. The summed E-state index contributed by atoms with van der Waals surface area (Å²) >= 11 is 0. The summed E-state index contributed by atoms with van der Waals surface area (Å²) in [6.45, 7) is 9.28. The van der Waals surface area contributed by atoms with E-state index in [0.29, 0.717) is 11.1 Å². The van der Waals surface area contributed by atoms with Crippen LogP contribution in [0.25, 0.3) is 0 Å². The van der Waals surface area contributed by atoms with E-state index < -0.39 is 11.9 Å². The molecule has 0 aliphatic rings. The lowest BCUT2D eigenvalue weighted by Crippen LogP contribution is -2.20. The van der Waals surface area contributed by atoms with Gasteiger partial charge in [0.05, 0.1) is 11.1 Å². The van der Waals surface area contributed by atoms with E-state index in [4.69, 9.17) is 10.2 Å². The summed E-state index contributed by atoms with van der Waals surface area (Å²) in [5.74, 6) is -2.19. The first kappa shape index (κ1) is 14.2. The highest BCUT2D eigenvalue weighted by atomic mass is 16.4. The molecule has 18 heavy (non-hydrogen) atoms. The maximum Gasteiger partial charge on any atom is 0.335 e. The second kappa shape index (κ2) is 4.44. The van der Waals surface area contributed by atoms with Gasteiger partial charge in [0, 0.05) is 0 Å². The van der Waals surface area contributed by atoms with E-state index in [0.717, 1.165) is 5.56 Å². The van der Waals surface area contributed by atoms with Crippen molar-refractivity contribution in [2.75, 3.05) is 0 Å². The second-order valence-electron chi connectivity index (χ2n) is 5.46. The van der Waals surface area contributed by atoms with Gasteiger partial charge >= 0.3 is 11.9 Å². The second-order valence-corrected chi connectivity index (χ2v) is 5.46. The smallest absolute Gasteiger partial charge is 0.335 e. The van der Waals surface area contributed by atoms with Crippen LogP contribution in [0.2, 0.25) is 0 Å². The average molecular weight is 250 g/mol. The third-order valence-electron chi connectivity index (χ3n) is 3.06. The Hall–Kier alpha value is -1.84. The van der Waals surface area contributed by atoms with Crippen LogP contribution in [0.5, 0.6) is 0 Å². The number of aromatic carboxylic acids is 2. The lowest BCUT2D eigenvalue weighted by atomic mass is 9.78. The Morgan fingerprint density at radius 3 is 1.50 bits per heavy atom. The molecule has 1 rings (SSSR count). The van der Waals surface area contributed by atoms with Gasteiger partial charge < -0.3 is 10.2 Å². The van der Waals surface area contributed by atoms with Gasteiger partial charge in [-0.15, -0.1) is 0 Å². The fourth-order valence-electron chi connectivity index (χ4n) is 2.48. The number of carboxylic acids is 2. The molecule has 0 aliphatic carbocycles. The molecule has 0 saturated carbocycles. The minimum atomic E-state index is -1.10. The van der Waals surface area contributed by atoms with Crippen molar-refractivity contribution in [1.29, 1.82) is 0 Å². The Bertz CT molecular complexity index is 483. The molecule has 4 heteroatoms. The Morgan fingerprint density at radius 2 is 1.28 bits per heavy atom.